The van der Waals surface area contributed by atoms with Gasteiger partial charge in [-0.05, 0) is 28.8 Å². The molecule has 4 nitrogen and oxygen atoms in total. The summed E-state index contributed by atoms with van der Waals surface area (Å²) < 4.78 is 14.8. The molecular weight excluding hydrogens is 239 g/mol. The zero-order valence-electron chi connectivity index (χ0n) is 7.69. The fourth-order valence-electron chi connectivity index (χ4n) is 1.14. The van der Waals surface area contributed by atoms with Gasteiger partial charge in [0, 0.05) is 0 Å². The van der Waals surface area contributed by atoms with Crippen LogP contribution in [0.3, 0.4) is 0 Å². The Labute approximate surface area is 94.4 Å². The van der Waals surface area contributed by atoms with Crippen molar-refractivity contribution in [3.05, 3.63) is 29.0 Å². The van der Waals surface area contributed by atoms with E-state index in [4.69, 9.17) is 11.6 Å². The number of benzene rings is 1. The van der Waals surface area contributed by atoms with E-state index in [0.717, 1.165) is 0 Å². The molecule has 0 radical (unpaired) electrons. The summed E-state index contributed by atoms with van der Waals surface area (Å²) in [6.07, 6.45) is 1.80. The van der Waals surface area contributed by atoms with E-state index in [1.54, 1.807) is 12.3 Å². The molecule has 0 atom stereocenters. The van der Waals surface area contributed by atoms with Crippen molar-refractivity contribution in [2.45, 2.75) is 5.16 Å². The lowest BCUT2D eigenvalue weighted by Gasteiger charge is -2.05. The summed E-state index contributed by atoms with van der Waals surface area (Å²) in [6.45, 7) is 0. The molecule has 1 heterocycles. The highest BCUT2D eigenvalue weighted by atomic mass is 35.5. The quantitative estimate of drug-likeness (QED) is 0.760. The van der Waals surface area contributed by atoms with E-state index in [0.29, 0.717) is 5.16 Å². The molecule has 0 bridgehead atoms. The van der Waals surface area contributed by atoms with Crippen molar-refractivity contribution in [1.29, 1.82) is 0 Å². The first-order chi connectivity index (χ1) is 7.24. The number of nitrogens with zero attached hydrogens (tertiary/aromatic N) is 4. The fourth-order valence-corrected chi connectivity index (χ4v) is 1.80. The lowest BCUT2D eigenvalue weighted by Crippen LogP contribution is -2.02. The van der Waals surface area contributed by atoms with E-state index in [1.807, 2.05) is 0 Å². The average molecular weight is 245 g/mol. The van der Waals surface area contributed by atoms with Gasteiger partial charge in [0.1, 0.15) is 5.69 Å². The van der Waals surface area contributed by atoms with E-state index < -0.39 is 5.82 Å². The first-order valence-electron chi connectivity index (χ1n) is 4.01. The number of aromatic nitrogens is 4. The van der Waals surface area contributed by atoms with Crippen molar-refractivity contribution in [2.75, 3.05) is 6.26 Å². The molecule has 7 heteroatoms. The minimum atomic E-state index is -0.454. The molecule has 0 aliphatic rings. The molecule has 15 heavy (non-hydrogen) atoms. The number of hydrogen-bond acceptors (Lipinski definition) is 4. The molecule has 1 aromatic heterocycles. The van der Waals surface area contributed by atoms with E-state index in [9.17, 15) is 4.39 Å². The molecule has 1 aromatic carbocycles. The molecular formula is C8H6ClFN4S. The van der Waals surface area contributed by atoms with Crippen LogP contribution in [-0.4, -0.2) is 26.5 Å². The maximum absolute atomic E-state index is 13.5. The van der Waals surface area contributed by atoms with Crippen LogP contribution in [-0.2, 0) is 0 Å². The van der Waals surface area contributed by atoms with Gasteiger partial charge in [-0.15, -0.1) is 5.10 Å². The summed E-state index contributed by atoms with van der Waals surface area (Å²) in [7, 11) is 0. The van der Waals surface area contributed by atoms with E-state index in [1.165, 1.54) is 28.6 Å². The summed E-state index contributed by atoms with van der Waals surface area (Å²) in [4.78, 5) is 0. The Balaban J connectivity index is 2.63. The first kappa shape index (κ1) is 10.4. The van der Waals surface area contributed by atoms with Crippen LogP contribution in [0.15, 0.2) is 23.4 Å². The Morgan fingerprint density at radius 1 is 1.47 bits per heavy atom. The molecule has 2 aromatic rings. The number of halogens is 2. The third-order valence-corrected chi connectivity index (χ3v) is 2.70. The third kappa shape index (κ3) is 1.82. The normalized spacial score (nSPS) is 10.6. The molecule has 0 fully saturated rings. The van der Waals surface area contributed by atoms with Crippen molar-refractivity contribution in [3.8, 4) is 5.69 Å². The largest absolute Gasteiger partial charge is 0.213 e. The van der Waals surface area contributed by atoms with E-state index >= 15 is 0 Å². The van der Waals surface area contributed by atoms with Gasteiger partial charge in [0.25, 0.3) is 0 Å². The van der Waals surface area contributed by atoms with Crippen LogP contribution in [0.4, 0.5) is 4.39 Å². The Bertz CT molecular complexity index is 467. The van der Waals surface area contributed by atoms with Crippen LogP contribution >= 0.6 is 23.4 Å². The van der Waals surface area contributed by atoms with Crippen molar-refractivity contribution in [3.63, 3.8) is 0 Å². The second kappa shape index (κ2) is 4.16. The predicted molar refractivity (Wildman–Crippen MR) is 55.9 cm³/mol. The monoisotopic (exact) mass is 244 g/mol. The minimum absolute atomic E-state index is 0.175. The van der Waals surface area contributed by atoms with Crippen LogP contribution in [0.5, 0.6) is 0 Å². The highest BCUT2D eigenvalue weighted by Crippen LogP contribution is 2.25. The van der Waals surface area contributed by atoms with Gasteiger partial charge >= 0.3 is 0 Å². The van der Waals surface area contributed by atoms with Crippen molar-refractivity contribution in [1.82, 2.24) is 20.2 Å². The van der Waals surface area contributed by atoms with Crippen molar-refractivity contribution >= 4 is 23.4 Å². The minimum Gasteiger partial charge on any atom is -0.205 e. The summed E-state index contributed by atoms with van der Waals surface area (Å²) >= 11 is 7.20. The molecule has 0 spiro atoms. The van der Waals surface area contributed by atoms with Crippen LogP contribution < -0.4 is 0 Å². The molecule has 2 rings (SSSR count). The SMILES string of the molecule is CSc1nnnn1-c1c(F)cccc1Cl. The maximum Gasteiger partial charge on any atom is 0.213 e. The van der Waals surface area contributed by atoms with Crippen LogP contribution in [0.1, 0.15) is 0 Å². The standard InChI is InChI=1S/C8H6ClFN4S/c1-15-8-11-12-13-14(8)7-5(9)3-2-4-6(7)10/h2-4H,1H3. The number of para-hydroxylation sites is 1. The summed E-state index contributed by atoms with van der Waals surface area (Å²) in [5, 5.41) is 11.7. The fraction of sp³-hybridized carbons (Fsp3) is 0.125. The Morgan fingerprint density at radius 3 is 2.93 bits per heavy atom. The van der Waals surface area contributed by atoms with Gasteiger partial charge in [-0.3, -0.25) is 0 Å². The highest BCUT2D eigenvalue weighted by molar-refractivity contribution is 7.98. The topological polar surface area (TPSA) is 43.6 Å². The Hall–Kier alpha value is -1.14. The number of rotatable bonds is 2. The second-order valence-electron chi connectivity index (χ2n) is 2.65. The summed E-state index contributed by atoms with van der Waals surface area (Å²) in [5.74, 6) is -0.454. The van der Waals surface area contributed by atoms with E-state index in [2.05, 4.69) is 15.5 Å². The van der Waals surface area contributed by atoms with E-state index in [-0.39, 0.29) is 10.7 Å². The molecule has 0 aliphatic heterocycles. The van der Waals surface area contributed by atoms with Gasteiger partial charge in [0.2, 0.25) is 5.16 Å². The Morgan fingerprint density at radius 2 is 2.27 bits per heavy atom. The van der Waals surface area contributed by atoms with Crippen LogP contribution in [0.25, 0.3) is 5.69 Å². The molecule has 0 saturated carbocycles. The lowest BCUT2D eigenvalue weighted by molar-refractivity contribution is 0.599. The third-order valence-electron chi connectivity index (χ3n) is 1.77. The smallest absolute Gasteiger partial charge is 0.205 e. The van der Waals surface area contributed by atoms with Gasteiger partial charge in [0.15, 0.2) is 5.82 Å². The van der Waals surface area contributed by atoms with Gasteiger partial charge < -0.3 is 0 Å². The van der Waals surface area contributed by atoms with Gasteiger partial charge in [-0.1, -0.05) is 29.4 Å². The lowest BCUT2D eigenvalue weighted by atomic mass is 10.3. The maximum atomic E-state index is 13.5. The number of tetrazole rings is 1. The zero-order valence-corrected chi connectivity index (χ0v) is 9.26. The molecule has 0 saturated heterocycles. The number of thioether (sulfide) groups is 1. The summed E-state index contributed by atoms with van der Waals surface area (Å²) in [5.41, 5.74) is 0.175. The molecule has 78 valence electrons. The van der Waals surface area contributed by atoms with Crippen LogP contribution in [0, 0.1) is 5.82 Å². The van der Waals surface area contributed by atoms with Crippen molar-refractivity contribution < 1.29 is 4.39 Å². The molecule has 0 N–H and O–H groups in total. The molecule has 0 unspecified atom stereocenters. The van der Waals surface area contributed by atoms with Gasteiger partial charge in [0.05, 0.1) is 5.02 Å². The average Bonchev–Trinajstić information content (AvgIpc) is 2.65. The first-order valence-corrected chi connectivity index (χ1v) is 5.61. The molecule has 0 aliphatic carbocycles. The zero-order chi connectivity index (χ0) is 10.8. The van der Waals surface area contributed by atoms with Gasteiger partial charge in [-0.25, -0.2) is 4.39 Å². The predicted octanol–water partition coefficient (Wildman–Crippen LogP) is 2.18. The van der Waals surface area contributed by atoms with Crippen LogP contribution in [0.2, 0.25) is 5.02 Å². The second-order valence-corrected chi connectivity index (χ2v) is 3.83. The summed E-state index contributed by atoms with van der Waals surface area (Å²) in [6, 6.07) is 4.43. The van der Waals surface area contributed by atoms with Gasteiger partial charge in [-0.2, -0.15) is 4.68 Å². The number of hydrogen-bond donors (Lipinski definition) is 0. The van der Waals surface area contributed by atoms with Crippen molar-refractivity contribution in [2.24, 2.45) is 0 Å². The molecule has 0 amide bonds. The Kier molecular flexibility index (Phi) is 2.88. The highest BCUT2D eigenvalue weighted by Gasteiger charge is 2.14.